The van der Waals surface area contributed by atoms with Crippen LogP contribution in [0.1, 0.15) is 5.56 Å². The van der Waals surface area contributed by atoms with Gasteiger partial charge in [0, 0.05) is 22.2 Å². The molecule has 10 heteroatoms. The van der Waals surface area contributed by atoms with E-state index in [0.29, 0.717) is 15.6 Å². The predicted octanol–water partition coefficient (Wildman–Crippen LogP) is 4.46. The molecular formula is C15H9Cl2N3O5. The topological polar surface area (TPSA) is 115 Å². The van der Waals surface area contributed by atoms with Crippen molar-refractivity contribution < 1.29 is 14.6 Å². The Kier molecular flexibility index (Phi) is 5.68. The fourth-order valence-corrected chi connectivity index (χ4v) is 2.34. The molecule has 0 aliphatic carbocycles. The quantitative estimate of drug-likeness (QED) is 0.466. The van der Waals surface area contributed by atoms with Crippen molar-refractivity contribution in [3.8, 4) is 0 Å². The van der Waals surface area contributed by atoms with Crippen molar-refractivity contribution in [3.63, 3.8) is 0 Å². The van der Waals surface area contributed by atoms with Crippen LogP contribution in [0.5, 0.6) is 0 Å². The van der Waals surface area contributed by atoms with E-state index in [-0.39, 0.29) is 5.69 Å². The average molecular weight is 382 g/mol. The molecule has 0 aromatic heterocycles. The molecular weight excluding hydrogens is 373 g/mol. The monoisotopic (exact) mass is 381 g/mol. The Hall–Kier alpha value is -2.97. The van der Waals surface area contributed by atoms with Gasteiger partial charge in [-0.2, -0.15) is 0 Å². The van der Waals surface area contributed by atoms with Crippen LogP contribution in [0.15, 0.2) is 42.5 Å². The van der Waals surface area contributed by atoms with Gasteiger partial charge in [-0.15, -0.1) is 0 Å². The van der Waals surface area contributed by atoms with Crippen molar-refractivity contribution in [2.45, 2.75) is 0 Å². The Balaban J connectivity index is 2.21. The van der Waals surface area contributed by atoms with Crippen LogP contribution in [-0.4, -0.2) is 15.8 Å². The normalized spacial score (nSPS) is 10.6. The van der Waals surface area contributed by atoms with E-state index in [9.17, 15) is 25.0 Å². The summed E-state index contributed by atoms with van der Waals surface area (Å²) in [6.07, 6.45) is 2.53. The molecule has 0 aliphatic heterocycles. The van der Waals surface area contributed by atoms with Gasteiger partial charge in [-0.05, 0) is 29.8 Å². The van der Waals surface area contributed by atoms with Gasteiger partial charge in [-0.25, -0.2) is 0 Å². The largest absolute Gasteiger partial charge is 0.317 e. The zero-order valence-electron chi connectivity index (χ0n) is 12.3. The summed E-state index contributed by atoms with van der Waals surface area (Å²) in [5.41, 5.74) is -0.666. The number of carbonyl (C=O) groups is 1. The highest BCUT2D eigenvalue weighted by Crippen LogP contribution is 2.29. The first-order valence-corrected chi connectivity index (χ1v) is 7.40. The number of non-ortho nitro benzene ring substituents is 1. The summed E-state index contributed by atoms with van der Waals surface area (Å²) in [7, 11) is 0. The number of halogens is 2. The number of rotatable bonds is 5. The molecule has 2 rings (SSSR count). The minimum atomic E-state index is -0.817. The third kappa shape index (κ3) is 4.75. The van der Waals surface area contributed by atoms with Crippen LogP contribution in [0.25, 0.3) is 6.08 Å². The molecule has 0 unspecified atom stereocenters. The van der Waals surface area contributed by atoms with Crippen LogP contribution >= 0.6 is 23.2 Å². The molecule has 0 heterocycles. The first-order valence-electron chi connectivity index (χ1n) is 6.65. The lowest BCUT2D eigenvalue weighted by molar-refractivity contribution is -0.393. The van der Waals surface area contributed by atoms with Crippen molar-refractivity contribution in [2.24, 2.45) is 0 Å². The molecule has 2 aromatic carbocycles. The zero-order valence-corrected chi connectivity index (χ0v) is 13.8. The van der Waals surface area contributed by atoms with Gasteiger partial charge < -0.3 is 5.32 Å². The van der Waals surface area contributed by atoms with E-state index in [2.05, 4.69) is 5.32 Å². The first-order chi connectivity index (χ1) is 11.8. The molecule has 0 saturated heterocycles. The number of anilines is 1. The molecule has 0 atom stereocenters. The van der Waals surface area contributed by atoms with E-state index >= 15 is 0 Å². The van der Waals surface area contributed by atoms with Gasteiger partial charge >= 0.3 is 0 Å². The maximum Gasteiger partial charge on any atom is 0.299 e. The van der Waals surface area contributed by atoms with Crippen LogP contribution < -0.4 is 5.32 Å². The van der Waals surface area contributed by atoms with Gasteiger partial charge in [0.2, 0.25) is 5.91 Å². The van der Waals surface area contributed by atoms with Gasteiger partial charge in [0.15, 0.2) is 0 Å². The van der Waals surface area contributed by atoms with Gasteiger partial charge in [0.1, 0.15) is 5.69 Å². The lowest BCUT2D eigenvalue weighted by Crippen LogP contribution is -2.09. The second-order valence-electron chi connectivity index (χ2n) is 4.70. The average Bonchev–Trinajstić information content (AvgIpc) is 2.54. The highest BCUT2D eigenvalue weighted by Gasteiger charge is 2.20. The van der Waals surface area contributed by atoms with Crippen molar-refractivity contribution >= 4 is 52.2 Å². The molecule has 1 amide bonds. The van der Waals surface area contributed by atoms with Crippen molar-refractivity contribution in [1.82, 2.24) is 0 Å². The zero-order chi connectivity index (χ0) is 18.6. The minimum Gasteiger partial charge on any atom is -0.317 e. The molecule has 1 N–H and O–H groups in total. The third-order valence-electron chi connectivity index (χ3n) is 3.02. The number of nitro groups is 2. The number of hydrogen-bond donors (Lipinski definition) is 1. The number of nitrogens with zero attached hydrogens (tertiary/aromatic N) is 2. The number of benzene rings is 2. The Labute approximate surface area is 151 Å². The highest BCUT2D eigenvalue weighted by molar-refractivity contribution is 6.35. The van der Waals surface area contributed by atoms with Crippen molar-refractivity contribution in [2.75, 3.05) is 5.32 Å². The van der Waals surface area contributed by atoms with Gasteiger partial charge in [0.25, 0.3) is 11.4 Å². The molecule has 25 heavy (non-hydrogen) atoms. The molecule has 0 bridgehead atoms. The Morgan fingerprint density at radius 1 is 1.04 bits per heavy atom. The van der Waals surface area contributed by atoms with Gasteiger partial charge in [-0.3, -0.25) is 25.0 Å². The molecule has 0 aliphatic rings. The van der Waals surface area contributed by atoms with Crippen molar-refractivity contribution in [1.29, 1.82) is 0 Å². The summed E-state index contributed by atoms with van der Waals surface area (Å²) in [6.45, 7) is 0. The minimum absolute atomic E-state index is 0.160. The number of amides is 1. The molecule has 0 radical (unpaired) electrons. The highest BCUT2D eigenvalue weighted by atomic mass is 35.5. The second kappa shape index (κ2) is 7.73. The summed E-state index contributed by atoms with van der Waals surface area (Å²) < 4.78 is 0. The second-order valence-corrected chi connectivity index (χ2v) is 5.55. The molecule has 2 aromatic rings. The van der Waals surface area contributed by atoms with Crippen LogP contribution in [0.4, 0.5) is 17.1 Å². The van der Waals surface area contributed by atoms with E-state index in [1.54, 1.807) is 12.1 Å². The maximum absolute atomic E-state index is 11.9. The van der Waals surface area contributed by atoms with Crippen LogP contribution in [0.3, 0.4) is 0 Å². The number of nitro benzene ring substituents is 2. The van der Waals surface area contributed by atoms with Gasteiger partial charge in [-0.1, -0.05) is 29.3 Å². The Bertz CT molecular complexity index is 899. The smallest absolute Gasteiger partial charge is 0.299 e. The summed E-state index contributed by atoms with van der Waals surface area (Å²) in [4.78, 5) is 32.1. The SMILES string of the molecule is O=C(/C=C/c1ccc(Cl)cc1Cl)Nc1ccc([N+](=O)[O-])cc1[N+](=O)[O-]. The fourth-order valence-electron chi connectivity index (χ4n) is 1.87. The van der Waals surface area contributed by atoms with E-state index in [0.717, 1.165) is 24.3 Å². The van der Waals surface area contributed by atoms with Crippen LogP contribution in [0, 0.1) is 20.2 Å². The number of hydrogen-bond acceptors (Lipinski definition) is 5. The van der Waals surface area contributed by atoms with E-state index in [1.165, 1.54) is 12.1 Å². The van der Waals surface area contributed by atoms with E-state index in [1.807, 2.05) is 0 Å². The molecule has 0 spiro atoms. The number of carbonyl (C=O) groups excluding carboxylic acids is 1. The lowest BCUT2D eigenvalue weighted by Gasteiger charge is -2.04. The van der Waals surface area contributed by atoms with E-state index in [4.69, 9.17) is 23.2 Å². The summed E-state index contributed by atoms with van der Waals surface area (Å²) in [5.74, 6) is -0.664. The summed E-state index contributed by atoms with van der Waals surface area (Å²) in [6, 6.07) is 7.62. The van der Waals surface area contributed by atoms with Crippen molar-refractivity contribution in [3.05, 3.63) is 78.3 Å². The Morgan fingerprint density at radius 3 is 2.36 bits per heavy atom. The predicted molar refractivity (Wildman–Crippen MR) is 93.9 cm³/mol. The lowest BCUT2D eigenvalue weighted by atomic mass is 10.2. The summed E-state index contributed by atoms with van der Waals surface area (Å²) in [5, 5.41) is 24.8. The summed E-state index contributed by atoms with van der Waals surface area (Å²) >= 11 is 11.7. The fraction of sp³-hybridized carbons (Fsp3) is 0. The molecule has 8 nitrogen and oxygen atoms in total. The number of nitrogens with one attached hydrogen (secondary N) is 1. The Morgan fingerprint density at radius 2 is 1.76 bits per heavy atom. The molecule has 0 fully saturated rings. The van der Waals surface area contributed by atoms with Crippen LogP contribution in [0.2, 0.25) is 10.0 Å². The van der Waals surface area contributed by atoms with E-state index < -0.39 is 27.1 Å². The molecule has 128 valence electrons. The molecule has 0 saturated carbocycles. The van der Waals surface area contributed by atoms with Gasteiger partial charge in [0.05, 0.1) is 15.9 Å². The third-order valence-corrected chi connectivity index (χ3v) is 3.59. The maximum atomic E-state index is 11.9. The standard InChI is InChI=1S/C15H9Cl2N3O5/c16-10-3-1-9(12(17)7-10)2-6-15(21)18-13-5-4-11(19(22)23)8-14(13)20(24)25/h1-8H,(H,18,21)/b6-2+. The first kappa shape index (κ1) is 18.4. The van der Waals surface area contributed by atoms with Crippen LogP contribution in [-0.2, 0) is 4.79 Å².